The normalized spacial score (nSPS) is 8.43. The molecule has 4 nitrogen and oxygen atoms in total. The van der Waals surface area contributed by atoms with E-state index in [9.17, 15) is 0 Å². The molecule has 0 N–H and O–H groups in total. The van der Waals surface area contributed by atoms with Crippen LogP contribution in [-0.4, -0.2) is 0 Å². The van der Waals surface area contributed by atoms with Crippen LogP contribution in [0.25, 0.3) is 0 Å². The summed E-state index contributed by atoms with van der Waals surface area (Å²) in [6.45, 7) is 0. The average Bonchev–Trinajstić information content (AvgIpc) is 0.722. The molecule has 1 radical (unpaired) electrons. The molecule has 0 unspecified atom stereocenters. The Morgan fingerprint density at radius 3 is 1.14 bits per heavy atom. The van der Waals surface area contributed by atoms with Gasteiger partial charge in [0.15, 0.2) is 0 Å². The van der Waals surface area contributed by atoms with Gasteiger partial charge in [-0.25, -0.2) is 0 Å². The number of phosphoric acid groups is 1. The fraction of sp³-hybridized carbons (Fsp3) is 0. The molecule has 0 aromatic heterocycles. The smallest absolute Gasteiger partial charge is 0.822 e. The molecule has 0 aromatic rings. The van der Waals surface area contributed by atoms with Crippen molar-refractivity contribution in [3.05, 3.63) is 0 Å². The molecule has 0 fully saturated rings. The fourth-order valence-electron chi connectivity index (χ4n) is 0. The Morgan fingerprint density at radius 2 is 1.14 bits per heavy atom. The number of rotatable bonds is 0. The van der Waals surface area contributed by atoms with Gasteiger partial charge in [-0.1, -0.05) is 0 Å². The van der Waals surface area contributed by atoms with Gasteiger partial charge in [-0.2, -0.15) is 7.82 Å². The largest absolute Gasteiger partial charge is 3.00 e. The first-order valence-corrected chi connectivity index (χ1v) is 2.19. The van der Waals surface area contributed by atoms with E-state index in [4.69, 9.17) is 19.2 Å². The first-order chi connectivity index (χ1) is 2.00. The zero-order chi connectivity index (χ0) is 4.50. The van der Waals surface area contributed by atoms with Crippen LogP contribution in [0.4, 0.5) is 0 Å². The van der Waals surface area contributed by atoms with Crippen LogP contribution in [0.2, 0.25) is 0 Å². The summed E-state index contributed by atoms with van der Waals surface area (Å²) in [7, 11) is -5.39. The third-order valence-corrected chi connectivity index (χ3v) is 0. The Kier molecular flexibility index (Phi) is 12.1. The second-order valence-corrected chi connectivity index (χ2v) is 1.34. The maximum Gasteiger partial charge on any atom is 3.00 e. The van der Waals surface area contributed by atoms with E-state index in [1.165, 1.54) is 0 Å². The molecule has 0 aromatic carbocycles. The minimum atomic E-state index is -5.39. The molecular formula is FeO4PZn+2. The van der Waals surface area contributed by atoms with E-state index >= 15 is 0 Å². The Morgan fingerprint density at radius 1 is 1.14 bits per heavy atom. The van der Waals surface area contributed by atoms with Gasteiger partial charge in [-0.3, -0.25) is 0 Å². The second kappa shape index (κ2) is 5.39. The molecule has 0 aliphatic carbocycles. The zero-order valence-electron chi connectivity index (χ0n) is 3.14. The van der Waals surface area contributed by atoms with Gasteiger partial charge in [-0.15, -0.1) is 0 Å². The summed E-state index contributed by atoms with van der Waals surface area (Å²) < 4.78 is 8.55. The predicted octanol–water partition coefficient (Wildman–Crippen LogP) is -2.83. The summed E-state index contributed by atoms with van der Waals surface area (Å²) >= 11 is 0. The first kappa shape index (κ1) is 15.7. The standard InChI is InChI=1S/Fe.H3O4P.Zn/c;1-5(2,3)4;/h;(H3,1,2,3,4);/q+3;;+2/p-3. The van der Waals surface area contributed by atoms with Crippen LogP contribution in [0.15, 0.2) is 0 Å². The summed E-state index contributed by atoms with van der Waals surface area (Å²) in [5.41, 5.74) is 0. The molecule has 0 rings (SSSR count). The van der Waals surface area contributed by atoms with E-state index in [1.54, 1.807) is 0 Å². The first-order valence-electron chi connectivity index (χ1n) is 0.730. The number of hydrogen-bond donors (Lipinski definition) is 0. The van der Waals surface area contributed by atoms with Crippen LogP contribution in [0, 0.1) is 0 Å². The molecular weight excluding hydrogens is 216 g/mol. The van der Waals surface area contributed by atoms with E-state index in [1.807, 2.05) is 0 Å². The van der Waals surface area contributed by atoms with Crippen LogP contribution < -0.4 is 14.7 Å². The van der Waals surface area contributed by atoms with Crippen molar-refractivity contribution in [2.24, 2.45) is 0 Å². The summed E-state index contributed by atoms with van der Waals surface area (Å²) in [4.78, 5) is 25.6. The predicted molar refractivity (Wildman–Crippen MR) is 7.61 cm³/mol. The summed E-state index contributed by atoms with van der Waals surface area (Å²) in [6, 6.07) is 0. The maximum absolute atomic E-state index is 8.55. The van der Waals surface area contributed by atoms with Gasteiger partial charge in [0.25, 0.3) is 0 Å². The summed E-state index contributed by atoms with van der Waals surface area (Å²) in [5, 5.41) is 0. The third-order valence-electron chi connectivity index (χ3n) is 0. The van der Waals surface area contributed by atoms with Crippen LogP contribution in [0.1, 0.15) is 0 Å². The Balaban J connectivity index is -0.0000000800. The van der Waals surface area contributed by atoms with E-state index in [0.717, 1.165) is 0 Å². The van der Waals surface area contributed by atoms with E-state index in [-0.39, 0.29) is 36.5 Å². The molecule has 0 heterocycles. The molecule has 0 aliphatic rings. The summed E-state index contributed by atoms with van der Waals surface area (Å²) in [6.07, 6.45) is 0. The maximum atomic E-state index is 8.55. The molecule has 0 aliphatic heterocycles. The topological polar surface area (TPSA) is 86.2 Å². The monoisotopic (exact) mass is 215 g/mol. The Bertz CT molecular complexity index is 57.8. The molecule has 0 saturated carbocycles. The van der Waals surface area contributed by atoms with Gasteiger partial charge in [-0.05, 0) is 0 Å². The van der Waals surface area contributed by atoms with E-state index in [2.05, 4.69) is 0 Å². The Labute approximate surface area is 63.8 Å². The third kappa shape index (κ3) is 127. The average molecular weight is 216 g/mol. The second-order valence-electron chi connectivity index (χ2n) is 0.447. The van der Waals surface area contributed by atoms with Crippen LogP contribution in [0.3, 0.4) is 0 Å². The van der Waals surface area contributed by atoms with Gasteiger partial charge >= 0.3 is 36.5 Å². The van der Waals surface area contributed by atoms with E-state index < -0.39 is 7.82 Å². The van der Waals surface area contributed by atoms with E-state index in [0.29, 0.717) is 0 Å². The van der Waals surface area contributed by atoms with Crippen molar-refractivity contribution in [2.45, 2.75) is 0 Å². The fourth-order valence-corrected chi connectivity index (χ4v) is 0. The van der Waals surface area contributed by atoms with Crippen LogP contribution in [0.5, 0.6) is 0 Å². The van der Waals surface area contributed by atoms with Crippen molar-refractivity contribution >= 4 is 7.82 Å². The van der Waals surface area contributed by atoms with Crippen molar-refractivity contribution in [2.75, 3.05) is 0 Å². The van der Waals surface area contributed by atoms with Gasteiger partial charge in [0.1, 0.15) is 0 Å². The van der Waals surface area contributed by atoms with Gasteiger partial charge < -0.3 is 19.2 Å². The quantitative estimate of drug-likeness (QED) is 0.322. The summed E-state index contributed by atoms with van der Waals surface area (Å²) in [5.74, 6) is 0. The number of hydrogen-bond acceptors (Lipinski definition) is 4. The van der Waals surface area contributed by atoms with Crippen molar-refractivity contribution in [3.8, 4) is 0 Å². The molecule has 0 spiro atoms. The SMILES string of the molecule is O=P([O-])([O-])[O-].[Fe+3].[Zn+2]. The van der Waals surface area contributed by atoms with Crippen LogP contribution in [-0.2, 0) is 41.1 Å². The van der Waals surface area contributed by atoms with Crippen molar-refractivity contribution in [1.82, 2.24) is 0 Å². The zero-order valence-corrected chi connectivity index (χ0v) is 8.11. The molecule has 0 amide bonds. The van der Waals surface area contributed by atoms with Gasteiger partial charge in [0.05, 0.1) is 0 Å². The molecule has 0 atom stereocenters. The van der Waals surface area contributed by atoms with Crippen molar-refractivity contribution in [3.63, 3.8) is 0 Å². The molecule has 7 heteroatoms. The Hall–Kier alpha value is 1.25. The van der Waals surface area contributed by atoms with Gasteiger partial charge in [0, 0.05) is 0 Å². The van der Waals surface area contributed by atoms with Crippen molar-refractivity contribution < 1.29 is 55.8 Å². The minimum absolute atomic E-state index is 0. The molecule has 0 bridgehead atoms. The minimum Gasteiger partial charge on any atom is -0.822 e. The van der Waals surface area contributed by atoms with Crippen LogP contribution >= 0.6 is 7.82 Å². The molecule has 37 valence electrons. The van der Waals surface area contributed by atoms with Gasteiger partial charge in [0.2, 0.25) is 0 Å². The van der Waals surface area contributed by atoms with Crippen molar-refractivity contribution in [1.29, 1.82) is 0 Å². The molecule has 0 saturated heterocycles. The molecule has 7 heavy (non-hydrogen) atoms.